The van der Waals surface area contributed by atoms with Gasteiger partial charge in [-0.05, 0) is 12.1 Å². The van der Waals surface area contributed by atoms with Crippen LogP contribution in [0.4, 0.5) is 24.5 Å². The topological polar surface area (TPSA) is 101 Å². The number of carbonyl (C=O) groups excluding carboxylic acids is 1. The number of amides is 1. The molecule has 5 rings (SSSR count). The van der Waals surface area contributed by atoms with Crippen LogP contribution >= 0.6 is 0 Å². The van der Waals surface area contributed by atoms with Gasteiger partial charge in [0, 0.05) is 43.5 Å². The first-order valence-electron chi connectivity index (χ1n) is 10.3. The maximum atomic E-state index is 13.7. The number of hydrogen-bond donors (Lipinski definition) is 2. The molecule has 2 N–H and O–H groups in total. The number of morpholine rings is 1. The second-order valence-corrected chi connectivity index (χ2v) is 7.91. The molecule has 12 heteroatoms. The number of alkyl halides is 3. The lowest BCUT2D eigenvalue weighted by Crippen LogP contribution is -2.52. The van der Waals surface area contributed by atoms with Gasteiger partial charge in [0.15, 0.2) is 5.65 Å². The molecule has 33 heavy (non-hydrogen) atoms. The van der Waals surface area contributed by atoms with Crippen LogP contribution < -0.4 is 15.0 Å². The Bertz CT molecular complexity index is 1210. The van der Waals surface area contributed by atoms with Crippen molar-refractivity contribution < 1.29 is 32.5 Å². The Hall–Kier alpha value is -3.38. The summed E-state index contributed by atoms with van der Waals surface area (Å²) in [7, 11) is 0. The number of carbonyl (C=O) groups is 1. The third-order valence-corrected chi connectivity index (χ3v) is 5.86. The number of ether oxygens (including phenoxy) is 2. The quantitative estimate of drug-likeness (QED) is 0.611. The molecule has 1 aromatic carbocycles. The zero-order chi connectivity index (χ0) is 23.2. The number of anilines is 2. The van der Waals surface area contributed by atoms with Gasteiger partial charge in [-0.1, -0.05) is 0 Å². The summed E-state index contributed by atoms with van der Waals surface area (Å²) < 4.78 is 53.1. The summed E-state index contributed by atoms with van der Waals surface area (Å²) in [6, 6.07) is 4.63. The summed E-state index contributed by atoms with van der Waals surface area (Å²) in [5.74, 6) is -0.472. The lowest BCUT2D eigenvalue weighted by atomic mass is 9.96. The molecule has 1 saturated heterocycles. The van der Waals surface area contributed by atoms with Crippen molar-refractivity contribution in [3.63, 3.8) is 0 Å². The highest BCUT2D eigenvalue weighted by Crippen LogP contribution is 2.47. The van der Waals surface area contributed by atoms with Crippen LogP contribution in [0.3, 0.4) is 0 Å². The van der Waals surface area contributed by atoms with Gasteiger partial charge in [-0.2, -0.15) is 18.3 Å². The molecule has 0 unspecified atom stereocenters. The van der Waals surface area contributed by atoms with Gasteiger partial charge in [0.25, 0.3) is 5.91 Å². The molecule has 2 aliphatic rings. The minimum atomic E-state index is -4.77. The van der Waals surface area contributed by atoms with Crippen molar-refractivity contribution in [2.24, 2.45) is 0 Å². The predicted molar refractivity (Wildman–Crippen MR) is 111 cm³/mol. The molecule has 1 atom stereocenters. The smallest absolute Gasteiger partial charge is 0.430 e. The summed E-state index contributed by atoms with van der Waals surface area (Å²) in [6.45, 7) is 0.640. The van der Waals surface area contributed by atoms with Gasteiger partial charge < -0.3 is 24.8 Å². The fraction of sp³-hybridized carbons (Fsp3) is 0.381. The Labute approximate surface area is 185 Å². The molecule has 1 amide bonds. The standard InChI is InChI=1S/C21H20F3N5O4/c22-21(23,24)20(12-30)10-13-8-15(16(9-17(13)33-20)28-4-6-32-7-5-28)27-19(31)14-11-26-29-3-1-2-25-18(14)29/h1-3,8-9,11,30H,4-7,10,12H2,(H,27,31)/t20-/m1/s1. The van der Waals surface area contributed by atoms with Gasteiger partial charge in [0.2, 0.25) is 5.60 Å². The second-order valence-electron chi connectivity index (χ2n) is 7.91. The first-order chi connectivity index (χ1) is 15.8. The number of nitrogens with one attached hydrogen (secondary N) is 1. The van der Waals surface area contributed by atoms with Gasteiger partial charge in [0.1, 0.15) is 11.3 Å². The average molecular weight is 463 g/mol. The molecule has 2 aliphatic heterocycles. The van der Waals surface area contributed by atoms with Gasteiger partial charge in [-0.25, -0.2) is 9.50 Å². The second kappa shape index (κ2) is 7.89. The largest absolute Gasteiger partial charge is 0.475 e. The molecular formula is C21H20F3N5O4. The first kappa shape index (κ1) is 21.5. The number of halogens is 3. The summed E-state index contributed by atoms with van der Waals surface area (Å²) in [6.07, 6.45) is -0.774. The van der Waals surface area contributed by atoms with Gasteiger partial charge in [-0.15, -0.1) is 0 Å². The highest BCUT2D eigenvalue weighted by Gasteiger charge is 2.60. The number of fused-ring (bicyclic) bond motifs is 2. The van der Waals surface area contributed by atoms with Gasteiger partial charge in [0.05, 0.1) is 37.4 Å². The monoisotopic (exact) mass is 463 g/mol. The van der Waals surface area contributed by atoms with Crippen LogP contribution in [0.2, 0.25) is 0 Å². The van der Waals surface area contributed by atoms with Crippen molar-refractivity contribution in [1.29, 1.82) is 0 Å². The van der Waals surface area contributed by atoms with E-state index in [1.54, 1.807) is 12.3 Å². The zero-order valence-corrected chi connectivity index (χ0v) is 17.3. The molecule has 174 valence electrons. The van der Waals surface area contributed by atoms with Crippen LogP contribution in [-0.4, -0.2) is 70.3 Å². The van der Waals surface area contributed by atoms with E-state index in [4.69, 9.17) is 9.47 Å². The number of aromatic nitrogens is 3. The maximum absolute atomic E-state index is 13.7. The van der Waals surface area contributed by atoms with Crippen LogP contribution in [0, 0.1) is 0 Å². The summed E-state index contributed by atoms with van der Waals surface area (Å²) >= 11 is 0. The Balaban J connectivity index is 1.53. The molecule has 3 aromatic rings. The van der Waals surface area contributed by atoms with Crippen molar-refractivity contribution in [2.75, 3.05) is 43.1 Å². The Morgan fingerprint density at radius 3 is 2.79 bits per heavy atom. The van der Waals surface area contributed by atoms with Crippen molar-refractivity contribution in [3.05, 3.63) is 47.9 Å². The lowest BCUT2D eigenvalue weighted by Gasteiger charge is -2.31. The molecule has 2 aromatic heterocycles. The Morgan fingerprint density at radius 1 is 1.27 bits per heavy atom. The average Bonchev–Trinajstić information content (AvgIpc) is 3.41. The summed E-state index contributed by atoms with van der Waals surface area (Å²) in [4.78, 5) is 19.1. The number of benzene rings is 1. The minimum absolute atomic E-state index is 0.0264. The Kier molecular flexibility index (Phi) is 5.13. The van der Waals surface area contributed by atoms with E-state index in [-0.39, 0.29) is 16.9 Å². The van der Waals surface area contributed by atoms with Crippen molar-refractivity contribution in [1.82, 2.24) is 14.6 Å². The molecular weight excluding hydrogens is 443 g/mol. The molecule has 0 aliphatic carbocycles. The lowest BCUT2D eigenvalue weighted by molar-refractivity contribution is -0.252. The van der Waals surface area contributed by atoms with E-state index < -0.39 is 30.7 Å². The SMILES string of the molecule is O=C(Nc1cc2c(cc1N1CCOCC1)O[C@](CO)(C(F)(F)F)C2)c1cnn2cccnc12. The van der Waals surface area contributed by atoms with Crippen LogP contribution in [0.25, 0.3) is 5.65 Å². The van der Waals surface area contributed by atoms with Gasteiger partial charge >= 0.3 is 6.18 Å². The van der Waals surface area contributed by atoms with Crippen LogP contribution in [0.1, 0.15) is 15.9 Å². The van der Waals surface area contributed by atoms with E-state index >= 15 is 0 Å². The number of rotatable bonds is 4. The molecule has 0 radical (unpaired) electrons. The molecule has 4 heterocycles. The van der Waals surface area contributed by atoms with Crippen LogP contribution in [-0.2, 0) is 11.2 Å². The van der Waals surface area contributed by atoms with Crippen molar-refractivity contribution in [3.8, 4) is 5.75 Å². The van der Waals surface area contributed by atoms with Crippen molar-refractivity contribution in [2.45, 2.75) is 18.2 Å². The van der Waals surface area contributed by atoms with Crippen molar-refractivity contribution >= 4 is 22.9 Å². The molecule has 9 nitrogen and oxygen atoms in total. The van der Waals surface area contributed by atoms with E-state index in [0.29, 0.717) is 43.3 Å². The van der Waals surface area contributed by atoms with Crippen LogP contribution in [0.15, 0.2) is 36.8 Å². The third kappa shape index (κ3) is 3.64. The van der Waals surface area contributed by atoms with E-state index in [2.05, 4.69) is 15.4 Å². The highest BCUT2D eigenvalue weighted by molar-refractivity contribution is 6.09. The number of aliphatic hydroxyl groups excluding tert-OH is 1. The number of hydrogen-bond acceptors (Lipinski definition) is 7. The molecule has 0 bridgehead atoms. The number of nitrogens with zero attached hydrogens (tertiary/aromatic N) is 4. The summed E-state index contributed by atoms with van der Waals surface area (Å²) in [5.41, 5.74) is -1.07. The molecule has 0 spiro atoms. The summed E-state index contributed by atoms with van der Waals surface area (Å²) in [5, 5.41) is 16.4. The maximum Gasteiger partial charge on any atom is 0.430 e. The Morgan fingerprint density at radius 2 is 2.06 bits per heavy atom. The van der Waals surface area contributed by atoms with E-state index in [1.807, 2.05) is 4.90 Å². The number of aliphatic hydroxyl groups is 1. The fourth-order valence-corrected chi connectivity index (χ4v) is 4.08. The highest BCUT2D eigenvalue weighted by atomic mass is 19.4. The zero-order valence-electron chi connectivity index (χ0n) is 17.3. The van der Waals surface area contributed by atoms with E-state index in [1.165, 1.54) is 29.0 Å². The van der Waals surface area contributed by atoms with E-state index in [0.717, 1.165) is 0 Å². The third-order valence-electron chi connectivity index (χ3n) is 5.86. The van der Waals surface area contributed by atoms with Gasteiger partial charge in [-0.3, -0.25) is 4.79 Å². The van der Waals surface area contributed by atoms with E-state index in [9.17, 15) is 23.1 Å². The normalized spacial score (nSPS) is 20.5. The fourth-order valence-electron chi connectivity index (χ4n) is 4.08. The predicted octanol–water partition coefficient (Wildman–Crippen LogP) is 2.05. The minimum Gasteiger partial charge on any atom is -0.475 e. The molecule has 1 fully saturated rings. The van der Waals surface area contributed by atoms with Crippen LogP contribution in [0.5, 0.6) is 5.75 Å². The first-order valence-corrected chi connectivity index (χ1v) is 10.3. The molecule has 0 saturated carbocycles.